The lowest BCUT2D eigenvalue weighted by atomic mass is 10.1. The van der Waals surface area contributed by atoms with Crippen LogP contribution in [0.1, 0.15) is 0 Å². The van der Waals surface area contributed by atoms with Crippen LogP contribution in [0.4, 0.5) is 0 Å². The summed E-state index contributed by atoms with van der Waals surface area (Å²) in [4.78, 5) is 11.7. The molecule has 17 heavy (non-hydrogen) atoms. The van der Waals surface area contributed by atoms with Gasteiger partial charge in [0.15, 0.2) is 0 Å². The highest BCUT2D eigenvalue weighted by molar-refractivity contribution is 5.84. The minimum Gasteiger partial charge on any atom is -0.284 e. The molecule has 2 nitrogen and oxygen atoms in total. The number of nitrogens with zero attached hydrogens (tertiary/aromatic N) is 1. The third-order valence-electron chi connectivity index (χ3n) is 2.83. The van der Waals surface area contributed by atoms with Gasteiger partial charge in [0.25, 0.3) is 5.56 Å². The van der Waals surface area contributed by atoms with Crippen LogP contribution in [-0.4, -0.2) is 4.57 Å². The second-order valence-corrected chi connectivity index (χ2v) is 3.94. The van der Waals surface area contributed by atoms with Gasteiger partial charge in [0.1, 0.15) is 0 Å². The first-order valence-corrected chi connectivity index (χ1v) is 5.51. The van der Waals surface area contributed by atoms with Crippen molar-refractivity contribution in [3.05, 3.63) is 77.2 Å². The molecule has 82 valence electrons. The Labute approximate surface area is 98.8 Å². The van der Waals surface area contributed by atoms with E-state index in [1.165, 1.54) is 5.39 Å². The maximum atomic E-state index is 11.7. The zero-order chi connectivity index (χ0) is 11.7. The molecule has 2 aromatic carbocycles. The first-order chi connectivity index (χ1) is 8.34. The lowest BCUT2D eigenvalue weighted by Gasteiger charge is -2.06. The van der Waals surface area contributed by atoms with Gasteiger partial charge in [-0.05, 0) is 29.0 Å². The van der Waals surface area contributed by atoms with Crippen molar-refractivity contribution in [2.75, 3.05) is 0 Å². The largest absolute Gasteiger partial charge is 0.284 e. The number of benzene rings is 2. The summed E-state index contributed by atoms with van der Waals surface area (Å²) in [5.74, 6) is 0. The highest BCUT2D eigenvalue weighted by Crippen LogP contribution is 2.17. The fraction of sp³-hybridized carbons (Fsp3) is 0. The molecule has 0 saturated carbocycles. The number of rotatable bonds is 1. The Bertz CT molecular complexity index is 728. The number of hydrogen-bond donors (Lipinski definition) is 0. The number of pyridine rings is 1. The van der Waals surface area contributed by atoms with Crippen molar-refractivity contribution in [3.63, 3.8) is 0 Å². The van der Waals surface area contributed by atoms with Gasteiger partial charge in [0.05, 0.1) is 0 Å². The molecule has 0 unspecified atom stereocenters. The van der Waals surface area contributed by atoms with Crippen molar-refractivity contribution < 1.29 is 0 Å². The molecule has 0 spiro atoms. The predicted molar refractivity (Wildman–Crippen MR) is 69.5 cm³/mol. The first kappa shape index (κ1) is 9.85. The average molecular weight is 221 g/mol. The summed E-state index contributed by atoms with van der Waals surface area (Å²) in [5, 5.41) is 2.32. The molecule has 0 N–H and O–H groups in total. The van der Waals surface area contributed by atoms with Crippen molar-refractivity contribution in [3.8, 4) is 5.69 Å². The molecule has 0 bridgehead atoms. The van der Waals surface area contributed by atoms with E-state index in [4.69, 9.17) is 0 Å². The lowest BCUT2D eigenvalue weighted by molar-refractivity contribution is 0.993. The standard InChI is InChI=1S/C15H11NO/c17-15-7-3-4-10-16(15)14-9-8-12-5-1-2-6-13(12)11-14/h1-11H. The third-order valence-corrected chi connectivity index (χ3v) is 2.83. The van der Waals surface area contributed by atoms with Gasteiger partial charge in [-0.2, -0.15) is 0 Å². The van der Waals surface area contributed by atoms with E-state index in [2.05, 4.69) is 6.07 Å². The normalized spacial score (nSPS) is 10.6. The van der Waals surface area contributed by atoms with Crippen molar-refractivity contribution in [1.82, 2.24) is 4.57 Å². The van der Waals surface area contributed by atoms with Crippen molar-refractivity contribution in [2.24, 2.45) is 0 Å². The van der Waals surface area contributed by atoms with Crippen molar-refractivity contribution in [2.45, 2.75) is 0 Å². The molecule has 0 fully saturated rings. The maximum absolute atomic E-state index is 11.7. The Morgan fingerprint density at radius 3 is 2.35 bits per heavy atom. The summed E-state index contributed by atoms with van der Waals surface area (Å²) in [7, 11) is 0. The van der Waals surface area contributed by atoms with Crippen molar-refractivity contribution >= 4 is 10.8 Å². The molecule has 3 rings (SSSR count). The van der Waals surface area contributed by atoms with Crippen molar-refractivity contribution in [1.29, 1.82) is 0 Å². The number of fused-ring (bicyclic) bond motifs is 1. The minimum absolute atomic E-state index is 0.0113. The topological polar surface area (TPSA) is 22.0 Å². The Morgan fingerprint density at radius 2 is 1.53 bits per heavy atom. The Hall–Kier alpha value is -2.35. The summed E-state index contributed by atoms with van der Waals surface area (Å²) >= 11 is 0. The van der Waals surface area contributed by atoms with Gasteiger partial charge < -0.3 is 0 Å². The fourth-order valence-corrected chi connectivity index (χ4v) is 1.97. The molecule has 3 aromatic rings. The molecule has 0 amide bonds. The summed E-state index contributed by atoms with van der Waals surface area (Å²) in [6.45, 7) is 0. The van der Waals surface area contributed by atoms with Crippen LogP contribution in [0.15, 0.2) is 71.7 Å². The van der Waals surface area contributed by atoms with Gasteiger partial charge in [-0.3, -0.25) is 9.36 Å². The molecule has 0 aliphatic rings. The van der Waals surface area contributed by atoms with E-state index in [1.54, 1.807) is 22.9 Å². The van der Waals surface area contributed by atoms with Gasteiger partial charge in [0, 0.05) is 18.0 Å². The second kappa shape index (κ2) is 3.91. The van der Waals surface area contributed by atoms with Gasteiger partial charge >= 0.3 is 0 Å². The molecule has 1 heterocycles. The van der Waals surface area contributed by atoms with Crippen LogP contribution in [0.25, 0.3) is 16.5 Å². The summed E-state index contributed by atoms with van der Waals surface area (Å²) < 4.78 is 1.65. The van der Waals surface area contributed by atoms with Crippen LogP contribution in [0.3, 0.4) is 0 Å². The molecule has 0 radical (unpaired) electrons. The zero-order valence-electron chi connectivity index (χ0n) is 9.21. The van der Waals surface area contributed by atoms with E-state index in [0.717, 1.165) is 11.1 Å². The SMILES string of the molecule is O=c1ccccn1-c1ccc2ccccc2c1. The predicted octanol–water partition coefficient (Wildman–Crippen LogP) is 2.99. The van der Waals surface area contributed by atoms with Gasteiger partial charge in [-0.1, -0.05) is 36.4 Å². The van der Waals surface area contributed by atoms with Gasteiger partial charge in [-0.15, -0.1) is 0 Å². The summed E-state index contributed by atoms with van der Waals surface area (Å²) in [6, 6.07) is 19.3. The molecule has 0 aliphatic heterocycles. The monoisotopic (exact) mass is 221 g/mol. The van der Waals surface area contributed by atoms with Crippen LogP contribution in [0.5, 0.6) is 0 Å². The van der Waals surface area contributed by atoms with Crippen LogP contribution < -0.4 is 5.56 Å². The van der Waals surface area contributed by atoms with E-state index in [9.17, 15) is 4.79 Å². The number of aromatic nitrogens is 1. The zero-order valence-corrected chi connectivity index (χ0v) is 9.21. The Balaban J connectivity index is 2.25. The lowest BCUT2D eigenvalue weighted by Crippen LogP contribution is -2.15. The minimum atomic E-state index is -0.0113. The summed E-state index contributed by atoms with van der Waals surface area (Å²) in [6.07, 6.45) is 1.78. The maximum Gasteiger partial charge on any atom is 0.255 e. The van der Waals surface area contributed by atoms with E-state index in [-0.39, 0.29) is 5.56 Å². The smallest absolute Gasteiger partial charge is 0.255 e. The summed E-state index contributed by atoms with van der Waals surface area (Å²) in [5.41, 5.74) is 0.886. The molecular formula is C15H11NO. The van der Waals surface area contributed by atoms with E-state index >= 15 is 0 Å². The van der Waals surface area contributed by atoms with Gasteiger partial charge in [0.2, 0.25) is 0 Å². The third kappa shape index (κ3) is 1.74. The highest BCUT2D eigenvalue weighted by Gasteiger charge is 1.99. The van der Waals surface area contributed by atoms with E-state index in [0.29, 0.717) is 0 Å². The molecule has 0 aliphatic carbocycles. The van der Waals surface area contributed by atoms with Crippen LogP contribution >= 0.6 is 0 Å². The fourth-order valence-electron chi connectivity index (χ4n) is 1.97. The Kier molecular flexibility index (Phi) is 2.26. The quantitative estimate of drug-likeness (QED) is 0.619. The highest BCUT2D eigenvalue weighted by atomic mass is 16.1. The van der Waals surface area contributed by atoms with Crippen LogP contribution in [0, 0.1) is 0 Å². The average Bonchev–Trinajstić information content (AvgIpc) is 2.39. The van der Waals surface area contributed by atoms with Crippen LogP contribution in [-0.2, 0) is 0 Å². The molecule has 1 aromatic heterocycles. The van der Waals surface area contributed by atoms with Gasteiger partial charge in [-0.25, -0.2) is 0 Å². The molecular weight excluding hydrogens is 210 g/mol. The first-order valence-electron chi connectivity index (χ1n) is 5.51. The van der Waals surface area contributed by atoms with E-state index in [1.807, 2.05) is 42.5 Å². The Morgan fingerprint density at radius 1 is 0.765 bits per heavy atom. The van der Waals surface area contributed by atoms with E-state index < -0.39 is 0 Å². The van der Waals surface area contributed by atoms with Crippen LogP contribution in [0.2, 0.25) is 0 Å². The molecule has 0 saturated heterocycles. The molecule has 2 heteroatoms. The second-order valence-electron chi connectivity index (χ2n) is 3.94. The number of hydrogen-bond acceptors (Lipinski definition) is 1. The molecule has 0 atom stereocenters.